The first-order chi connectivity index (χ1) is 8.06. The molecule has 0 amide bonds. The highest BCUT2D eigenvalue weighted by Gasteiger charge is 2.38. The molecule has 0 heterocycles. The van der Waals surface area contributed by atoms with Gasteiger partial charge >= 0.3 is 0 Å². The van der Waals surface area contributed by atoms with Gasteiger partial charge in [-0.2, -0.15) is 0 Å². The van der Waals surface area contributed by atoms with Crippen LogP contribution in [0.3, 0.4) is 0 Å². The van der Waals surface area contributed by atoms with E-state index in [4.69, 9.17) is 0 Å². The minimum atomic E-state index is 0.436. The van der Waals surface area contributed by atoms with Crippen LogP contribution in [-0.2, 0) is 0 Å². The molecule has 0 radical (unpaired) electrons. The topological polar surface area (TPSA) is 12.0 Å². The van der Waals surface area contributed by atoms with Crippen molar-refractivity contribution in [2.45, 2.75) is 79.2 Å². The Kier molecular flexibility index (Phi) is 5.99. The molecule has 0 aromatic rings. The van der Waals surface area contributed by atoms with Crippen LogP contribution in [0.4, 0.5) is 0 Å². The lowest BCUT2D eigenvalue weighted by Gasteiger charge is -2.45. The largest absolute Gasteiger partial charge is 0.313 e. The van der Waals surface area contributed by atoms with Crippen LogP contribution >= 0.6 is 0 Å². The van der Waals surface area contributed by atoms with Gasteiger partial charge in [0.2, 0.25) is 0 Å². The lowest BCUT2D eigenvalue weighted by Crippen LogP contribution is -2.50. The van der Waals surface area contributed by atoms with Crippen LogP contribution in [0.25, 0.3) is 0 Å². The van der Waals surface area contributed by atoms with Gasteiger partial charge in [0, 0.05) is 6.04 Å². The smallest absolute Gasteiger partial charge is 0.0149 e. The molecule has 3 atom stereocenters. The number of nitrogens with one attached hydrogen (secondary N) is 1. The highest BCUT2D eigenvalue weighted by atomic mass is 14.9. The van der Waals surface area contributed by atoms with Gasteiger partial charge in [-0.15, -0.1) is 0 Å². The molecule has 3 unspecified atom stereocenters. The fourth-order valence-electron chi connectivity index (χ4n) is 3.63. The van der Waals surface area contributed by atoms with Gasteiger partial charge in [0.15, 0.2) is 0 Å². The molecule has 1 heteroatoms. The van der Waals surface area contributed by atoms with Crippen LogP contribution in [0.1, 0.15) is 73.1 Å². The molecule has 0 saturated heterocycles. The quantitative estimate of drug-likeness (QED) is 0.713. The lowest BCUT2D eigenvalue weighted by molar-refractivity contribution is 0.0924. The van der Waals surface area contributed by atoms with Crippen molar-refractivity contribution in [3.8, 4) is 0 Å². The predicted octanol–water partition coefficient (Wildman–Crippen LogP) is 4.62. The molecular formula is C16H33N. The van der Waals surface area contributed by atoms with Crippen molar-refractivity contribution in [3.63, 3.8) is 0 Å². The summed E-state index contributed by atoms with van der Waals surface area (Å²) in [5.74, 6) is 1.86. The molecule has 0 aromatic heterocycles. The molecular weight excluding hydrogens is 206 g/mol. The summed E-state index contributed by atoms with van der Waals surface area (Å²) in [7, 11) is 0. The van der Waals surface area contributed by atoms with E-state index in [0.717, 1.165) is 18.4 Å². The van der Waals surface area contributed by atoms with E-state index in [1.165, 1.54) is 38.5 Å². The molecule has 0 spiro atoms. The van der Waals surface area contributed by atoms with Crippen LogP contribution in [0.5, 0.6) is 0 Å². The van der Waals surface area contributed by atoms with Crippen molar-refractivity contribution >= 4 is 0 Å². The SMILES string of the molecule is CCNC(C1CCCCC1CC)C(C)(C)CC. The summed E-state index contributed by atoms with van der Waals surface area (Å²) >= 11 is 0. The molecule has 1 aliphatic rings. The van der Waals surface area contributed by atoms with Gasteiger partial charge in [0.25, 0.3) is 0 Å². The van der Waals surface area contributed by atoms with E-state index in [1.807, 2.05) is 0 Å². The van der Waals surface area contributed by atoms with E-state index in [-0.39, 0.29) is 0 Å². The zero-order chi connectivity index (χ0) is 12.9. The molecule has 1 N–H and O–H groups in total. The van der Waals surface area contributed by atoms with Crippen molar-refractivity contribution in [2.24, 2.45) is 17.3 Å². The summed E-state index contributed by atoms with van der Waals surface area (Å²) in [6.45, 7) is 13.0. The molecule has 0 aliphatic heterocycles. The van der Waals surface area contributed by atoms with Crippen LogP contribution in [0, 0.1) is 17.3 Å². The van der Waals surface area contributed by atoms with Gasteiger partial charge in [-0.05, 0) is 36.6 Å². The Bertz CT molecular complexity index is 210. The molecule has 1 rings (SSSR count). The van der Waals surface area contributed by atoms with E-state index in [0.29, 0.717) is 11.5 Å². The van der Waals surface area contributed by atoms with Gasteiger partial charge in [-0.25, -0.2) is 0 Å². The molecule has 17 heavy (non-hydrogen) atoms. The Balaban J connectivity index is 2.80. The minimum Gasteiger partial charge on any atom is -0.313 e. The average Bonchev–Trinajstić information content (AvgIpc) is 2.35. The summed E-state index contributed by atoms with van der Waals surface area (Å²) in [6, 6.07) is 0.711. The summed E-state index contributed by atoms with van der Waals surface area (Å²) in [5, 5.41) is 3.81. The third-order valence-corrected chi connectivity index (χ3v) is 5.10. The zero-order valence-electron chi connectivity index (χ0n) is 12.7. The second kappa shape index (κ2) is 6.78. The molecule has 102 valence electrons. The Hall–Kier alpha value is -0.0400. The third-order valence-electron chi connectivity index (χ3n) is 5.10. The van der Waals surface area contributed by atoms with E-state index in [1.54, 1.807) is 0 Å². The van der Waals surface area contributed by atoms with E-state index < -0.39 is 0 Å². The monoisotopic (exact) mass is 239 g/mol. The molecule has 0 bridgehead atoms. The fraction of sp³-hybridized carbons (Fsp3) is 1.00. The van der Waals surface area contributed by atoms with Gasteiger partial charge in [0.05, 0.1) is 0 Å². The second-order valence-electron chi connectivity index (χ2n) is 6.49. The second-order valence-corrected chi connectivity index (χ2v) is 6.49. The summed E-state index contributed by atoms with van der Waals surface area (Å²) in [6.07, 6.45) is 8.45. The van der Waals surface area contributed by atoms with Crippen molar-refractivity contribution in [3.05, 3.63) is 0 Å². The Morgan fingerprint density at radius 1 is 1.12 bits per heavy atom. The van der Waals surface area contributed by atoms with Gasteiger partial charge in [-0.1, -0.05) is 60.3 Å². The normalized spacial score (nSPS) is 28.1. The van der Waals surface area contributed by atoms with Crippen LogP contribution in [0.15, 0.2) is 0 Å². The molecule has 1 fully saturated rings. The Labute approximate surface area is 109 Å². The summed E-state index contributed by atoms with van der Waals surface area (Å²) in [4.78, 5) is 0. The fourth-order valence-corrected chi connectivity index (χ4v) is 3.63. The summed E-state index contributed by atoms with van der Waals surface area (Å²) < 4.78 is 0. The van der Waals surface area contributed by atoms with E-state index >= 15 is 0 Å². The highest BCUT2D eigenvalue weighted by molar-refractivity contribution is 4.92. The minimum absolute atomic E-state index is 0.436. The van der Waals surface area contributed by atoms with Crippen LogP contribution < -0.4 is 5.32 Å². The first-order valence-corrected chi connectivity index (χ1v) is 7.80. The average molecular weight is 239 g/mol. The maximum absolute atomic E-state index is 3.81. The van der Waals surface area contributed by atoms with Gasteiger partial charge < -0.3 is 5.32 Å². The van der Waals surface area contributed by atoms with Gasteiger partial charge in [0.1, 0.15) is 0 Å². The highest BCUT2D eigenvalue weighted by Crippen LogP contribution is 2.41. The standard InChI is InChI=1S/C16H33N/c1-6-13-11-9-10-12-14(13)15(17-8-3)16(4,5)7-2/h13-15,17H,6-12H2,1-5H3. The Morgan fingerprint density at radius 3 is 2.29 bits per heavy atom. The van der Waals surface area contributed by atoms with E-state index in [9.17, 15) is 0 Å². The number of hydrogen-bond acceptors (Lipinski definition) is 1. The van der Waals surface area contributed by atoms with Crippen molar-refractivity contribution in [1.29, 1.82) is 0 Å². The van der Waals surface area contributed by atoms with Crippen molar-refractivity contribution in [2.75, 3.05) is 6.54 Å². The molecule has 0 aromatic carbocycles. The van der Waals surface area contributed by atoms with Crippen molar-refractivity contribution in [1.82, 2.24) is 5.32 Å². The first kappa shape index (κ1) is 15.0. The van der Waals surface area contributed by atoms with Crippen LogP contribution in [0.2, 0.25) is 0 Å². The summed E-state index contributed by atoms with van der Waals surface area (Å²) in [5.41, 5.74) is 0.436. The molecule has 1 aliphatic carbocycles. The Morgan fingerprint density at radius 2 is 1.76 bits per heavy atom. The lowest BCUT2D eigenvalue weighted by atomic mass is 9.66. The van der Waals surface area contributed by atoms with Crippen LogP contribution in [-0.4, -0.2) is 12.6 Å². The maximum Gasteiger partial charge on any atom is 0.0149 e. The number of rotatable bonds is 6. The first-order valence-electron chi connectivity index (χ1n) is 7.80. The zero-order valence-corrected chi connectivity index (χ0v) is 12.7. The molecule has 1 saturated carbocycles. The van der Waals surface area contributed by atoms with Gasteiger partial charge in [-0.3, -0.25) is 0 Å². The third kappa shape index (κ3) is 3.71. The van der Waals surface area contributed by atoms with E-state index in [2.05, 4.69) is 39.9 Å². The predicted molar refractivity (Wildman–Crippen MR) is 77.3 cm³/mol. The van der Waals surface area contributed by atoms with Crippen molar-refractivity contribution < 1.29 is 0 Å². The molecule has 1 nitrogen and oxygen atoms in total. The number of hydrogen-bond donors (Lipinski definition) is 1. The maximum atomic E-state index is 3.81.